The molecule has 0 radical (unpaired) electrons. The molecule has 5 rings (SSSR count). The van der Waals surface area contributed by atoms with Crippen LogP contribution in [0.3, 0.4) is 0 Å². The maximum atomic E-state index is 13.7. The molecule has 0 saturated carbocycles. The highest BCUT2D eigenvalue weighted by molar-refractivity contribution is 7.16. The molecular formula is C25H22N2O3S. The number of methoxy groups -OCH3 is 2. The molecule has 0 spiro atoms. The van der Waals surface area contributed by atoms with E-state index in [1.165, 1.54) is 5.56 Å². The van der Waals surface area contributed by atoms with E-state index in [-0.39, 0.29) is 11.9 Å². The second-order valence-electron chi connectivity index (χ2n) is 7.50. The maximum Gasteiger partial charge on any atom is 0.254 e. The summed E-state index contributed by atoms with van der Waals surface area (Å²) in [6.07, 6.45) is 0.758. The maximum absolute atomic E-state index is 13.7. The molecule has 156 valence electrons. The molecule has 0 unspecified atom stereocenters. The number of carbonyl (C=O) groups excluding carboxylic acids is 1. The van der Waals surface area contributed by atoms with E-state index in [4.69, 9.17) is 9.47 Å². The van der Waals surface area contributed by atoms with Crippen molar-refractivity contribution in [3.63, 3.8) is 0 Å². The number of carbonyl (C=O) groups is 1. The van der Waals surface area contributed by atoms with Crippen LogP contribution in [0.1, 0.15) is 33.1 Å². The lowest BCUT2D eigenvalue weighted by Gasteiger charge is -2.38. The van der Waals surface area contributed by atoms with Gasteiger partial charge in [0.2, 0.25) is 0 Å². The minimum Gasteiger partial charge on any atom is -0.493 e. The lowest BCUT2D eigenvalue weighted by Crippen LogP contribution is -2.40. The van der Waals surface area contributed by atoms with E-state index in [2.05, 4.69) is 17.1 Å². The summed E-state index contributed by atoms with van der Waals surface area (Å²) in [4.78, 5) is 20.0. The van der Waals surface area contributed by atoms with E-state index in [1.807, 2.05) is 58.9 Å². The van der Waals surface area contributed by atoms with Crippen molar-refractivity contribution in [1.29, 1.82) is 0 Å². The smallest absolute Gasteiger partial charge is 0.254 e. The van der Waals surface area contributed by atoms with Gasteiger partial charge in [0.05, 0.1) is 36.0 Å². The molecule has 0 N–H and O–H groups in total. The molecule has 0 fully saturated rings. The number of aromatic nitrogens is 1. The number of amides is 1. The minimum absolute atomic E-state index is 0.0181. The van der Waals surface area contributed by atoms with E-state index in [1.54, 1.807) is 25.6 Å². The zero-order valence-corrected chi connectivity index (χ0v) is 18.2. The van der Waals surface area contributed by atoms with Crippen LogP contribution in [-0.2, 0) is 6.42 Å². The number of hydrogen-bond acceptors (Lipinski definition) is 5. The lowest BCUT2D eigenvalue weighted by molar-refractivity contribution is 0.0694. The van der Waals surface area contributed by atoms with Crippen LogP contribution < -0.4 is 9.47 Å². The molecule has 1 aromatic heterocycles. The van der Waals surface area contributed by atoms with Crippen LogP contribution in [0.5, 0.6) is 11.5 Å². The van der Waals surface area contributed by atoms with Gasteiger partial charge >= 0.3 is 0 Å². The Morgan fingerprint density at radius 2 is 1.81 bits per heavy atom. The third kappa shape index (κ3) is 3.43. The second kappa shape index (κ2) is 8.04. The van der Waals surface area contributed by atoms with Crippen molar-refractivity contribution in [2.75, 3.05) is 20.8 Å². The SMILES string of the molecule is COc1cc2c(cc1OC)[C@H](c1ccccc1)N(C(=O)c1ccc3ncsc3c1)CC2. The van der Waals surface area contributed by atoms with Crippen molar-refractivity contribution >= 4 is 27.5 Å². The van der Waals surface area contributed by atoms with Gasteiger partial charge in [-0.2, -0.15) is 0 Å². The van der Waals surface area contributed by atoms with Gasteiger partial charge in [-0.3, -0.25) is 4.79 Å². The van der Waals surface area contributed by atoms with Crippen LogP contribution >= 0.6 is 11.3 Å². The summed E-state index contributed by atoms with van der Waals surface area (Å²) in [6.45, 7) is 0.627. The summed E-state index contributed by atoms with van der Waals surface area (Å²) < 4.78 is 12.1. The molecule has 4 aromatic rings. The van der Waals surface area contributed by atoms with Crippen LogP contribution in [-0.4, -0.2) is 36.6 Å². The number of thiazole rings is 1. The molecule has 6 heteroatoms. The summed E-state index contributed by atoms with van der Waals surface area (Å²) in [7, 11) is 3.28. The fourth-order valence-corrected chi connectivity index (χ4v) is 5.03. The van der Waals surface area contributed by atoms with Crippen molar-refractivity contribution < 1.29 is 14.3 Å². The Morgan fingerprint density at radius 1 is 1.03 bits per heavy atom. The first kappa shape index (κ1) is 19.6. The minimum atomic E-state index is -0.200. The Balaban J connectivity index is 1.62. The van der Waals surface area contributed by atoms with Gasteiger partial charge in [-0.15, -0.1) is 11.3 Å². The topological polar surface area (TPSA) is 51.7 Å². The molecule has 3 aromatic carbocycles. The predicted octanol–water partition coefficient (Wildman–Crippen LogP) is 5.10. The van der Waals surface area contributed by atoms with Crippen LogP contribution in [0.4, 0.5) is 0 Å². The Hall–Kier alpha value is -3.38. The molecule has 0 bridgehead atoms. The second-order valence-corrected chi connectivity index (χ2v) is 8.39. The molecule has 5 nitrogen and oxygen atoms in total. The Bertz CT molecular complexity index is 1250. The molecule has 31 heavy (non-hydrogen) atoms. The number of benzene rings is 3. The van der Waals surface area contributed by atoms with Crippen LogP contribution in [0, 0.1) is 0 Å². The molecule has 1 atom stereocenters. The largest absolute Gasteiger partial charge is 0.493 e. The number of nitrogens with zero attached hydrogens (tertiary/aromatic N) is 2. The quantitative estimate of drug-likeness (QED) is 0.452. The van der Waals surface area contributed by atoms with Crippen molar-refractivity contribution in [1.82, 2.24) is 9.88 Å². The van der Waals surface area contributed by atoms with Gasteiger partial charge in [-0.05, 0) is 53.4 Å². The Morgan fingerprint density at radius 3 is 2.58 bits per heavy atom. The third-order valence-electron chi connectivity index (χ3n) is 5.83. The van der Waals surface area contributed by atoms with Crippen LogP contribution in [0.25, 0.3) is 10.2 Å². The third-order valence-corrected chi connectivity index (χ3v) is 6.62. The van der Waals surface area contributed by atoms with Crippen molar-refractivity contribution in [3.05, 3.63) is 88.4 Å². The highest BCUT2D eigenvalue weighted by Gasteiger charge is 2.33. The van der Waals surface area contributed by atoms with E-state index < -0.39 is 0 Å². The first-order chi connectivity index (χ1) is 15.2. The first-order valence-electron chi connectivity index (χ1n) is 10.1. The first-order valence-corrected chi connectivity index (χ1v) is 11.0. The monoisotopic (exact) mass is 430 g/mol. The molecule has 1 aliphatic rings. The average molecular weight is 431 g/mol. The summed E-state index contributed by atoms with van der Waals surface area (Å²) in [5.74, 6) is 1.40. The van der Waals surface area contributed by atoms with Gasteiger partial charge in [0.25, 0.3) is 5.91 Å². The molecule has 0 aliphatic carbocycles. The number of hydrogen-bond donors (Lipinski definition) is 0. The lowest BCUT2D eigenvalue weighted by atomic mass is 9.87. The van der Waals surface area contributed by atoms with Crippen molar-refractivity contribution in [2.45, 2.75) is 12.5 Å². The van der Waals surface area contributed by atoms with E-state index in [0.717, 1.165) is 27.8 Å². The van der Waals surface area contributed by atoms with Gasteiger partial charge in [-0.25, -0.2) is 4.98 Å². The van der Waals surface area contributed by atoms with Gasteiger partial charge in [-0.1, -0.05) is 30.3 Å². The Kier molecular flexibility index (Phi) is 5.08. The van der Waals surface area contributed by atoms with Gasteiger partial charge < -0.3 is 14.4 Å². The van der Waals surface area contributed by atoms with Gasteiger partial charge in [0.1, 0.15) is 0 Å². The van der Waals surface area contributed by atoms with Gasteiger partial charge in [0, 0.05) is 12.1 Å². The number of ether oxygens (including phenoxy) is 2. The van der Waals surface area contributed by atoms with Crippen LogP contribution in [0.15, 0.2) is 66.2 Å². The fraction of sp³-hybridized carbons (Fsp3) is 0.200. The highest BCUT2D eigenvalue weighted by atomic mass is 32.1. The molecular weight excluding hydrogens is 408 g/mol. The molecule has 0 saturated heterocycles. The predicted molar refractivity (Wildman–Crippen MR) is 122 cm³/mol. The summed E-state index contributed by atoms with van der Waals surface area (Å²) in [6, 6.07) is 19.7. The van der Waals surface area contributed by atoms with E-state index in [0.29, 0.717) is 23.6 Å². The normalized spacial score (nSPS) is 15.5. The zero-order valence-electron chi connectivity index (χ0n) is 17.4. The van der Waals surface area contributed by atoms with Crippen molar-refractivity contribution in [3.8, 4) is 11.5 Å². The average Bonchev–Trinajstić information content (AvgIpc) is 3.30. The Labute approximate surface area is 184 Å². The van der Waals surface area contributed by atoms with E-state index in [9.17, 15) is 4.79 Å². The molecule has 2 heterocycles. The summed E-state index contributed by atoms with van der Waals surface area (Å²) >= 11 is 1.55. The molecule has 1 aliphatic heterocycles. The summed E-state index contributed by atoms with van der Waals surface area (Å²) in [5.41, 5.74) is 6.73. The van der Waals surface area contributed by atoms with Crippen LogP contribution in [0.2, 0.25) is 0 Å². The molecule has 1 amide bonds. The standard InChI is InChI=1S/C25H22N2O3S/c1-29-21-12-17-10-11-27(25(28)18-8-9-20-23(13-18)31-15-26-20)24(16-6-4-3-5-7-16)19(17)14-22(21)30-2/h3-9,12-15,24H,10-11H2,1-2H3/t24-/m0/s1. The summed E-state index contributed by atoms with van der Waals surface area (Å²) in [5, 5.41) is 0. The highest BCUT2D eigenvalue weighted by Crippen LogP contribution is 2.41. The van der Waals surface area contributed by atoms with E-state index >= 15 is 0 Å². The van der Waals surface area contributed by atoms with Crippen molar-refractivity contribution in [2.24, 2.45) is 0 Å². The fourth-order valence-electron chi connectivity index (χ4n) is 4.31. The number of fused-ring (bicyclic) bond motifs is 2. The van der Waals surface area contributed by atoms with Gasteiger partial charge in [0.15, 0.2) is 11.5 Å². The number of rotatable bonds is 4. The zero-order chi connectivity index (χ0) is 21.4.